The van der Waals surface area contributed by atoms with Crippen molar-refractivity contribution in [3.05, 3.63) is 17.5 Å². The number of aryl methyl sites for hydroxylation is 1. The Hall–Kier alpha value is -1.32. The minimum Gasteiger partial charge on any atom is -0.477 e. The van der Waals surface area contributed by atoms with Crippen LogP contribution in [0.4, 0.5) is 0 Å². The molecule has 108 valence electrons. The maximum Gasteiger partial charge on any atom is 0.354 e. The third kappa shape index (κ3) is 1.73. The van der Waals surface area contributed by atoms with Crippen molar-refractivity contribution in [2.75, 3.05) is 0 Å². The second-order valence-electron chi connectivity index (χ2n) is 7.03. The molecule has 4 bridgehead atoms. The summed E-state index contributed by atoms with van der Waals surface area (Å²) in [7, 11) is 0. The fraction of sp³-hybridized carbons (Fsp3) is 0.750. The van der Waals surface area contributed by atoms with Crippen LogP contribution in [-0.4, -0.2) is 20.9 Å². The van der Waals surface area contributed by atoms with Crippen molar-refractivity contribution in [3.63, 3.8) is 0 Å². The van der Waals surface area contributed by atoms with Gasteiger partial charge in [0.1, 0.15) is 5.69 Å². The summed E-state index contributed by atoms with van der Waals surface area (Å²) in [4.78, 5) is 11.3. The van der Waals surface area contributed by atoms with Gasteiger partial charge in [-0.15, -0.1) is 0 Å². The molecule has 0 spiro atoms. The van der Waals surface area contributed by atoms with Gasteiger partial charge in [-0.25, -0.2) is 4.79 Å². The van der Waals surface area contributed by atoms with Gasteiger partial charge in [-0.05, 0) is 68.8 Å². The Kier molecular flexibility index (Phi) is 2.69. The van der Waals surface area contributed by atoms with E-state index >= 15 is 0 Å². The zero-order chi connectivity index (χ0) is 13.9. The van der Waals surface area contributed by atoms with E-state index in [4.69, 9.17) is 0 Å². The van der Waals surface area contributed by atoms with Gasteiger partial charge in [-0.1, -0.05) is 0 Å². The van der Waals surface area contributed by atoms with Gasteiger partial charge in [0, 0.05) is 12.5 Å². The molecule has 5 rings (SSSR count). The van der Waals surface area contributed by atoms with Gasteiger partial charge >= 0.3 is 5.97 Å². The highest BCUT2D eigenvalue weighted by Crippen LogP contribution is 2.59. The molecular weight excluding hydrogens is 252 g/mol. The Morgan fingerprint density at radius 2 is 1.85 bits per heavy atom. The number of aromatic carboxylic acids is 1. The van der Waals surface area contributed by atoms with Crippen molar-refractivity contribution in [1.82, 2.24) is 9.78 Å². The second-order valence-corrected chi connectivity index (χ2v) is 7.03. The Labute approximate surface area is 119 Å². The molecule has 1 heterocycles. The Morgan fingerprint density at radius 1 is 1.25 bits per heavy atom. The first-order valence-corrected chi connectivity index (χ1v) is 7.96. The molecule has 0 amide bonds. The third-order valence-corrected chi connectivity index (χ3v) is 5.89. The van der Waals surface area contributed by atoms with Gasteiger partial charge in [-0.3, -0.25) is 4.68 Å². The average molecular weight is 274 g/mol. The molecule has 1 N–H and O–H groups in total. The highest BCUT2D eigenvalue weighted by Gasteiger charge is 2.49. The van der Waals surface area contributed by atoms with Crippen LogP contribution in [0.1, 0.15) is 61.1 Å². The standard InChI is InChI=1S/C16H22N2O2/c1-2-18-14(16(19)20)8-13(17-18)15-11-4-9-3-10(6-11)7-12(15)5-9/h8-12,15H,2-7H2,1H3,(H,19,20). The number of nitrogens with zero attached hydrogens (tertiary/aromatic N) is 2. The van der Waals surface area contributed by atoms with E-state index in [2.05, 4.69) is 5.10 Å². The van der Waals surface area contributed by atoms with Gasteiger partial charge in [0.25, 0.3) is 0 Å². The minimum absolute atomic E-state index is 0.358. The second kappa shape index (κ2) is 4.34. The summed E-state index contributed by atoms with van der Waals surface area (Å²) in [6, 6.07) is 1.85. The summed E-state index contributed by atoms with van der Waals surface area (Å²) in [5.74, 6) is 3.08. The number of carbonyl (C=O) groups is 1. The van der Waals surface area contributed by atoms with Crippen LogP contribution < -0.4 is 0 Å². The number of hydrogen-bond donors (Lipinski definition) is 1. The first kappa shape index (κ1) is 12.4. The van der Waals surface area contributed by atoms with Crippen molar-refractivity contribution < 1.29 is 9.90 Å². The zero-order valence-electron chi connectivity index (χ0n) is 12.0. The molecule has 1 aromatic rings. The molecule has 4 aliphatic carbocycles. The summed E-state index contributed by atoms with van der Waals surface area (Å²) >= 11 is 0. The molecule has 0 aliphatic heterocycles. The Bertz CT molecular complexity index is 521. The number of carboxylic acid groups (broad SMARTS) is 1. The highest BCUT2D eigenvalue weighted by molar-refractivity contribution is 5.85. The predicted octanol–water partition coefficient (Wildman–Crippen LogP) is 3.14. The average Bonchev–Trinajstić information content (AvgIpc) is 2.81. The third-order valence-electron chi connectivity index (χ3n) is 5.89. The SMILES string of the molecule is CCn1nc(C2C3CC4CC(C3)CC2C4)cc1C(=O)O. The molecule has 20 heavy (non-hydrogen) atoms. The van der Waals surface area contributed by atoms with Crippen LogP contribution in [0.15, 0.2) is 6.07 Å². The van der Waals surface area contributed by atoms with Crippen LogP contribution in [0, 0.1) is 23.7 Å². The van der Waals surface area contributed by atoms with Crippen molar-refractivity contribution in [2.24, 2.45) is 23.7 Å². The summed E-state index contributed by atoms with van der Waals surface area (Å²) in [6.07, 6.45) is 6.83. The molecule has 0 saturated heterocycles. The number of hydrogen-bond acceptors (Lipinski definition) is 2. The lowest BCUT2D eigenvalue weighted by Gasteiger charge is -2.54. The van der Waals surface area contributed by atoms with Crippen LogP contribution in [0.25, 0.3) is 0 Å². The van der Waals surface area contributed by atoms with Crippen LogP contribution in [-0.2, 0) is 6.54 Å². The van der Waals surface area contributed by atoms with Crippen molar-refractivity contribution in [3.8, 4) is 0 Å². The van der Waals surface area contributed by atoms with E-state index in [9.17, 15) is 9.90 Å². The largest absolute Gasteiger partial charge is 0.477 e. The number of carboxylic acids is 1. The summed E-state index contributed by atoms with van der Waals surface area (Å²) in [5.41, 5.74) is 1.41. The fourth-order valence-electron chi connectivity index (χ4n) is 5.42. The molecule has 4 saturated carbocycles. The van der Waals surface area contributed by atoms with Crippen LogP contribution >= 0.6 is 0 Å². The summed E-state index contributed by atoms with van der Waals surface area (Å²) < 4.78 is 1.66. The van der Waals surface area contributed by atoms with E-state index in [1.807, 2.05) is 13.0 Å². The number of aromatic nitrogens is 2. The van der Waals surface area contributed by atoms with Gasteiger partial charge in [0.2, 0.25) is 0 Å². The van der Waals surface area contributed by atoms with Crippen LogP contribution in [0.5, 0.6) is 0 Å². The first-order chi connectivity index (χ1) is 9.65. The monoisotopic (exact) mass is 274 g/mol. The predicted molar refractivity (Wildman–Crippen MR) is 74.6 cm³/mol. The maximum atomic E-state index is 11.3. The van der Waals surface area contributed by atoms with Crippen molar-refractivity contribution in [2.45, 2.75) is 51.5 Å². The molecule has 4 heteroatoms. The molecule has 0 radical (unpaired) electrons. The normalized spacial score (nSPS) is 38.4. The minimum atomic E-state index is -0.852. The van der Waals surface area contributed by atoms with Crippen molar-refractivity contribution >= 4 is 5.97 Å². The lowest BCUT2D eigenvalue weighted by atomic mass is 9.51. The van der Waals surface area contributed by atoms with Crippen LogP contribution in [0.2, 0.25) is 0 Å². The number of rotatable bonds is 3. The lowest BCUT2D eigenvalue weighted by Crippen LogP contribution is -2.43. The van der Waals surface area contributed by atoms with E-state index < -0.39 is 5.97 Å². The van der Waals surface area contributed by atoms with Crippen LogP contribution in [0.3, 0.4) is 0 Å². The quantitative estimate of drug-likeness (QED) is 0.921. The molecule has 0 aromatic carbocycles. The van der Waals surface area contributed by atoms with E-state index in [0.29, 0.717) is 18.2 Å². The topological polar surface area (TPSA) is 55.1 Å². The summed E-state index contributed by atoms with van der Waals surface area (Å²) in [6.45, 7) is 2.59. The lowest BCUT2D eigenvalue weighted by molar-refractivity contribution is -0.00433. The molecule has 0 unspecified atom stereocenters. The molecule has 4 fully saturated rings. The highest BCUT2D eigenvalue weighted by atomic mass is 16.4. The molecule has 4 aliphatic rings. The zero-order valence-corrected chi connectivity index (χ0v) is 12.0. The molecule has 0 atom stereocenters. The van der Waals surface area contributed by atoms with E-state index in [1.165, 1.54) is 32.1 Å². The maximum absolute atomic E-state index is 11.3. The molecular formula is C16H22N2O2. The van der Waals surface area contributed by atoms with Gasteiger partial charge in [0.05, 0.1) is 5.69 Å². The Morgan fingerprint density at radius 3 is 2.30 bits per heavy atom. The van der Waals surface area contributed by atoms with E-state index in [0.717, 1.165) is 29.4 Å². The molecule has 1 aromatic heterocycles. The van der Waals surface area contributed by atoms with E-state index in [-0.39, 0.29) is 0 Å². The summed E-state index contributed by atoms with van der Waals surface area (Å²) in [5, 5.41) is 13.9. The smallest absolute Gasteiger partial charge is 0.354 e. The van der Waals surface area contributed by atoms with E-state index in [1.54, 1.807) is 4.68 Å². The van der Waals surface area contributed by atoms with Gasteiger partial charge in [-0.2, -0.15) is 5.10 Å². The first-order valence-electron chi connectivity index (χ1n) is 7.96. The Balaban J connectivity index is 1.69. The fourth-order valence-corrected chi connectivity index (χ4v) is 5.42. The van der Waals surface area contributed by atoms with Gasteiger partial charge < -0.3 is 5.11 Å². The van der Waals surface area contributed by atoms with Gasteiger partial charge in [0.15, 0.2) is 0 Å². The van der Waals surface area contributed by atoms with Crippen molar-refractivity contribution in [1.29, 1.82) is 0 Å². The molecule has 4 nitrogen and oxygen atoms in total.